The Morgan fingerprint density at radius 1 is 1.04 bits per heavy atom. The van der Waals surface area contributed by atoms with Gasteiger partial charge >= 0.3 is 0 Å². The van der Waals surface area contributed by atoms with Crippen LogP contribution in [0.2, 0.25) is 0 Å². The smallest absolute Gasteiger partial charge is 0.243 e. The highest BCUT2D eigenvalue weighted by Gasteiger charge is 2.07. The molecular weight excluding hydrogens is 326 g/mol. The van der Waals surface area contributed by atoms with Gasteiger partial charge < -0.3 is 15.5 Å². The lowest BCUT2D eigenvalue weighted by molar-refractivity contribution is -0.128. The minimum Gasteiger partial charge on any atom is -0.376 e. The Bertz CT molecular complexity index is 785. The van der Waals surface area contributed by atoms with E-state index in [0.717, 1.165) is 28.1 Å². The van der Waals surface area contributed by atoms with Crippen molar-refractivity contribution < 1.29 is 9.59 Å². The summed E-state index contributed by atoms with van der Waals surface area (Å²) in [5, 5.41) is 6.08. The molecule has 0 aliphatic heterocycles. The van der Waals surface area contributed by atoms with E-state index in [1.54, 1.807) is 19.0 Å². The second kappa shape index (κ2) is 9.04. The molecule has 2 N–H and O–H groups in total. The molecule has 2 aromatic carbocycles. The van der Waals surface area contributed by atoms with Crippen LogP contribution in [-0.2, 0) is 16.0 Å². The van der Waals surface area contributed by atoms with Crippen molar-refractivity contribution in [1.82, 2.24) is 4.90 Å². The molecule has 0 aliphatic rings. The lowest BCUT2D eigenvalue weighted by Gasteiger charge is -2.12. The zero-order chi connectivity index (χ0) is 19.1. The van der Waals surface area contributed by atoms with Crippen molar-refractivity contribution in [3.8, 4) is 0 Å². The minimum absolute atomic E-state index is 0.0908. The van der Waals surface area contributed by atoms with E-state index in [1.165, 1.54) is 0 Å². The zero-order valence-electron chi connectivity index (χ0n) is 15.9. The molecule has 0 aliphatic carbocycles. The number of aryl methyl sites for hydroxylation is 3. The summed E-state index contributed by atoms with van der Waals surface area (Å²) in [6, 6.07) is 13.8. The predicted molar refractivity (Wildman–Crippen MR) is 106 cm³/mol. The van der Waals surface area contributed by atoms with E-state index in [1.807, 2.05) is 56.3 Å². The average Bonchev–Trinajstić information content (AvgIpc) is 2.61. The summed E-state index contributed by atoms with van der Waals surface area (Å²) in [6.45, 7) is 4.16. The Hall–Kier alpha value is -2.82. The molecule has 2 rings (SSSR count). The maximum absolute atomic E-state index is 12.2. The third kappa shape index (κ3) is 5.92. The van der Waals surface area contributed by atoms with Crippen molar-refractivity contribution in [2.24, 2.45) is 0 Å². The monoisotopic (exact) mass is 353 g/mol. The summed E-state index contributed by atoms with van der Waals surface area (Å²) in [4.78, 5) is 25.5. The molecule has 5 nitrogen and oxygen atoms in total. The van der Waals surface area contributed by atoms with Crippen molar-refractivity contribution in [2.75, 3.05) is 31.3 Å². The summed E-state index contributed by atoms with van der Waals surface area (Å²) in [5.74, 6) is 0.0168. The van der Waals surface area contributed by atoms with Gasteiger partial charge in [0.1, 0.15) is 0 Å². The number of nitrogens with one attached hydrogen (secondary N) is 2. The summed E-state index contributed by atoms with van der Waals surface area (Å²) < 4.78 is 0. The van der Waals surface area contributed by atoms with Gasteiger partial charge in [-0.3, -0.25) is 9.59 Å². The van der Waals surface area contributed by atoms with Gasteiger partial charge in [-0.25, -0.2) is 0 Å². The molecule has 26 heavy (non-hydrogen) atoms. The first-order valence-corrected chi connectivity index (χ1v) is 8.75. The molecule has 0 fully saturated rings. The van der Waals surface area contributed by atoms with Gasteiger partial charge in [0.25, 0.3) is 0 Å². The van der Waals surface area contributed by atoms with Crippen LogP contribution in [0.3, 0.4) is 0 Å². The number of carbonyl (C=O) groups excluding carboxylic acids is 2. The molecule has 2 aromatic rings. The van der Waals surface area contributed by atoms with E-state index in [-0.39, 0.29) is 18.4 Å². The number of carbonyl (C=O) groups is 2. The van der Waals surface area contributed by atoms with Crippen LogP contribution in [0.15, 0.2) is 42.5 Å². The lowest BCUT2D eigenvalue weighted by atomic mass is 10.1. The SMILES string of the molecule is Cc1ccc(C)c(NC(=O)CNc2cccc(CCC(=O)N(C)C)c2)c1. The Morgan fingerprint density at radius 3 is 2.54 bits per heavy atom. The molecule has 0 spiro atoms. The number of nitrogens with zero attached hydrogens (tertiary/aromatic N) is 1. The standard InChI is InChI=1S/C21H27N3O2/c1-15-8-9-16(2)19(12-15)23-20(25)14-22-18-7-5-6-17(13-18)10-11-21(26)24(3)4/h5-9,12-13,22H,10-11,14H2,1-4H3,(H,23,25). The number of amides is 2. The van der Waals surface area contributed by atoms with Gasteiger partial charge in [0.15, 0.2) is 0 Å². The lowest BCUT2D eigenvalue weighted by Crippen LogP contribution is -2.22. The van der Waals surface area contributed by atoms with Gasteiger partial charge in [-0.15, -0.1) is 0 Å². The average molecular weight is 353 g/mol. The molecule has 0 atom stereocenters. The Morgan fingerprint density at radius 2 is 1.81 bits per heavy atom. The number of rotatable bonds is 7. The number of anilines is 2. The van der Waals surface area contributed by atoms with E-state index >= 15 is 0 Å². The van der Waals surface area contributed by atoms with Crippen molar-refractivity contribution in [3.63, 3.8) is 0 Å². The van der Waals surface area contributed by atoms with Gasteiger partial charge in [0.05, 0.1) is 6.54 Å². The van der Waals surface area contributed by atoms with Crippen molar-refractivity contribution >= 4 is 23.2 Å². The number of benzene rings is 2. The highest BCUT2D eigenvalue weighted by atomic mass is 16.2. The van der Waals surface area contributed by atoms with E-state index in [2.05, 4.69) is 10.6 Å². The van der Waals surface area contributed by atoms with E-state index in [4.69, 9.17) is 0 Å². The normalized spacial score (nSPS) is 10.3. The van der Waals surface area contributed by atoms with Gasteiger partial charge in [-0.05, 0) is 55.2 Å². The second-order valence-corrected chi connectivity index (χ2v) is 6.71. The van der Waals surface area contributed by atoms with Crippen LogP contribution >= 0.6 is 0 Å². The molecule has 0 bridgehead atoms. The van der Waals surface area contributed by atoms with E-state index < -0.39 is 0 Å². The first-order chi connectivity index (χ1) is 12.3. The Kier molecular flexibility index (Phi) is 6.78. The van der Waals surface area contributed by atoms with Crippen LogP contribution in [0, 0.1) is 13.8 Å². The third-order valence-corrected chi connectivity index (χ3v) is 4.17. The molecule has 0 unspecified atom stereocenters. The van der Waals surface area contributed by atoms with Crippen molar-refractivity contribution in [2.45, 2.75) is 26.7 Å². The van der Waals surface area contributed by atoms with Crippen LogP contribution in [0.4, 0.5) is 11.4 Å². The first-order valence-electron chi connectivity index (χ1n) is 8.75. The Balaban J connectivity index is 1.88. The number of hydrogen-bond donors (Lipinski definition) is 2. The minimum atomic E-state index is -0.0908. The molecule has 0 saturated heterocycles. The fourth-order valence-electron chi connectivity index (χ4n) is 2.56. The second-order valence-electron chi connectivity index (χ2n) is 6.71. The Labute approximate surface area is 155 Å². The topological polar surface area (TPSA) is 61.4 Å². The van der Waals surface area contributed by atoms with Gasteiger partial charge in [0.2, 0.25) is 11.8 Å². The molecule has 138 valence electrons. The third-order valence-electron chi connectivity index (χ3n) is 4.17. The van der Waals surface area contributed by atoms with E-state index in [9.17, 15) is 9.59 Å². The number of hydrogen-bond acceptors (Lipinski definition) is 3. The predicted octanol–water partition coefficient (Wildman–Crippen LogP) is 3.37. The molecule has 0 saturated carbocycles. The summed E-state index contributed by atoms with van der Waals surface area (Å²) in [5.41, 5.74) is 4.93. The summed E-state index contributed by atoms with van der Waals surface area (Å²) >= 11 is 0. The quantitative estimate of drug-likeness (QED) is 0.802. The van der Waals surface area contributed by atoms with E-state index in [0.29, 0.717) is 12.8 Å². The summed E-state index contributed by atoms with van der Waals surface area (Å²) in [6.07, 6.45) is 1.16. The highest BCUT2D eigenvalue weighted by Crippen LogP contribution is 2.16. The molecular formula is C21H27N3O2. The fourth-order valence-corrected chi connectivity index (χ4v) is 2.56. The van der Waals surface area contributed by atoms with Gasteiger partial charge in [-0.1, -0.05) is 24.3 Å². The largest absolute Gasteiger partial charge is 0.376 e. The molecule has 0 heterocycles. The van der Waals surface area contributed by atoms with Crippen molar-refractivity contribution in [3.05, 3.63) is 59.2 Å². The highest BCUT2D eigenvalue weighted by molar-refractivity contribution is 5.94. The van der Waals surface area contributed by atoms with Crippen LogP contribution < -0.4 is 10.6 Å². The molecule has 0 radical (unpaired) electrons. The van der Waals surface area contributed by atoms with Crippen LogP contribution in [0.1, 0.15) is 23.1 Å². The van der Waals surface area contributed by atoms with Crippen LogP contribution in [0.5, 0.6) is 0 Å². The molecule has 5 heteroatoms. The summed E-state index contributed by atoms with van der Waals surface area (Å²) in [7, 11) is 3.52. The van der Waals surface area contributed by atoms with Gasteiger partial charge in [-0.2, -0.15) is 0 Å². The molecule has 2 amide bonds. The fraction of sp³-hybridized carbons (Fsp3) is 0.333. The van der Waals surface area contributed by atoms with Gasteiger partial charge in [0, 0.05) is 31.9 Å². The van der Waals surface area contributed by atoms with Crippen LogP contribution in [0.25, 0.3) is 0 Å². The zero-order valence-corrected chi connectivity index (χ0v) is 15.9. The molecule has 0 aromatic heterocycles. The maximum Gasteiger partial charge on any atom is 0.243 e. The maximum atomic E-state index is 12.2. The van der Waals surface area contributed by atoms with Crippen LogP contribution in [-0.4, -0.2) is 37.4 Å². The first kappa shape index (κ1) is 19.5. The van der Waals surface area contributed by atoms with Crippen molar-refractivity contribution in [1.29, 1.82) is 0 Å².